The summed E-state index contributed by atoms with van der Waals surface area (Å²) in [6.07, 6.45) is -4.19. The van der Waals surface area contributed by atoms with Crippen molar-refractivity contribution in [1.82, 2.24) is 9.80 Å². The number of nitrogens with one attached hydrogen (secondary N) is 2. The molecule has 0 saturated carbocycles. The molecule has 2 aromatic carbocycles. The number of likely N-dealkylation sites (tertiary alicyclic amines) is 1. The molecule has 9 nitrogen and oxygen atoms in total. The van der Waals surface area contributed by atoms with Crippen LogP contribution in [0.3, 0.4) is 0 Å². The molecule has 2 heterocycles. The number of nitrogens with zero attached hydrogens (tertiary/aromatic N) is 2. The molecule has 1 fully saturated rings. The highest BCUT2D eigenvalue weighted by Gasteiger charge is 2.31. The van der Waals surface area contributed by atoms with Crippen LogP contribution in [0.15, 0.2) is 41.3 Å². The summed E-state index contributed by atoms with van der Waals surface area (Å²) in [6, 6.07) is 8.86. The normalized spacial score (nSPS) is 14.4. The number of carbonyl (C=O) groups excluding carboxylic acids is 1. The van der Waals surface area contributed by atoms with Gasteiger partial charge in [0, 0.05) is 25.2 Å². The van der Waals surface area contributed by atoms with E-state index in [0.717, 1.165) is 6.07 Å². The number of likely N-dealkylation sites (N-methyl/N-ethyl adjacent to an activating group) is 1. The number of piperidine rings is 1. The van der Waals surface area contributed by atoms with Crippen molar-refractivity contribution in [3.8, 4) is 17.6 Å². The van der Waals surface area contributed by atoms with E-state index in [-0.39, 0.29) is 45.3 Å². The Morgan fingerprint density at radius 2 is 1.91 bits per heavy atom. The number of benzene rings is 2. The van der Waals surface area contributed by atoms with Crippen LogP contribution < -0.4 is 20.5 Å². The molecular formula is C29H33F4N5O4S2. The number of thiophene rings is 1. The van der Waals surface area contributed by atoms with Crippen molar-refractivity contribution in [2.24, 2.45) is 5.14 Å². The van der Waals surface area contributed by atoms with Gasteiger partial charge in [-0.15, -0.1) is 11.3 Å². The SMILES string of the molecule is CN(C)CC(=O)N1CCC(Nc2cccc3c(CC(F)(F)F)c(C#CCNc4ccc(S(N)(=O)=O)cc4OCF)sc23)CC1. The van der Waals surface area contributed by atoms with Gasteiger partial charge in [-0.1, -0.05) is 24.0 Å². The molecule has 1 saturated heterocycles. The Kier molecular flexibility index (Phi) is 10.6. The number of nitrogens with two attached hydrogens (primary N) is 1. The van der Waals surface area contributed by atoms with Crippen LogP contribution in [0, 0.1) is 11.8 Å². The minimum absolute atomic E-state index is 0.0483. The fourth-order valence-corrected chi connectivity index (χ4v) is 6.59. The van der Waals surface area contributed by atoms with E-state index in [4.69, 9.17) is 9.88 Å². The number of rotatable bonds is 10. The Bertz CT molecular complexity index is 1660. The average Bonchev–Trinajstić information content (AvgIpc) is 3.28. The zero-order valence-corrected chi connectivity index (χ0v) is 25.8. The van der Waals surface area contributed by atoms with E-state index in [1.807, 2.05) is 30.0 Å². The van der Waals surface area contributed by atoms with Crippen LogP contribution in [0.5, 0.6) is 5.75 Å². The predicted octanol–water partition coefficient (Wildman–Crippen LogP) is 4.39. The van der Waals surface area contributed by atoms with Crippen LogP contribution in [0.1, 0.15) is 23.3 Å². The van der Waals surface area contributed by atoms with E-state index in [1.54, 1.807) is 12.1 Å². The maximum Gasteiger partial charge on any atom is 0.393 e. The summed E-state index contributed by atoms with van der Waals surface area (Å²) < 4.78 is 82.5. The number of fused-ring (bicyclic) bond motifs is 1. The maximum absolute atomic E-state index is 13.6. The number of ether oxygens (including phenoxy) is 1. The molecule has 0 bridgehead atoms. The molecule has 1 aliphatic rings. The summed E-state index contributed by atoms with van der Waals surface area (Å²) in [5, 5.41) is 11.9. The van der Waals surface area contributed by atoms with E-state index in [2.05, 4.69) is 22.5 Å². The largest absolute Gasteiger partial charge is 0.461 e. The first-order valence-corrected chi connectivity index (χ1v) is 16.0. The van der Waals surface area contributed by atoms with Crippen LogP contribution in [0.2, 0.25) is 0 Å². The van der Waals surface area contributed by atoms with Gasteiger partial charge in [0.1, 0.15) is 5.75 Å². The predicted molar refractivity (Wildman–Crippen MR) is 163 cm³/mol. The van der Waals surface area contributed by atoms with Gasteiger partial charge < -0.3 is 25.2 Å². The third-order valence-electron chi connectivity index (χ3n) is 6.92. The zero-order valence-electron chi connectivity index (χ0n) is 24.1. The smallest absolute Gasteiger partial charge is 0.393 e. The van der Waals surface area contributed by atoms with Crippen molar-refractivity contribution < 1.29 is 35.5 Å². The van der Waals surface area contributed by atoms with E-state index in [0.29, 0.717) is 48.2 Å². The average molecular weight is 656 g/mol. The van der Waals surface area contributed by atoms with Crippen LogP contribution in [0.25, 0.3) is 10.1 Å². The van der Waals surface area contributed by atoms with Gasteiger partial charge in [-0.25, -0.2) is 17.9 Å². The molecule has 4 rings (SSSR count). The number of halogens is 4. The Morgan fingerprint density at radius 3 is 2.55 bits per heavy atom. The van der Waals surface area contributed by atoms with Gasteiger partial charge in [-0.3, -0.25) is 4.79 Å². The minimum atomic E-state index is -4.46. The van der Waals surface area contributed by atoms with Crippen molar-refractivity contribution >= 4 is 48.7 Å². The topological polar surface area (TPSA) is 117 Å². The second-order valence-corrected chi connectivity index (χ2v) is 13.1. The summed E-state index contributed by atoms with van der Waals surface area (Å²) >= 11 is 1.17. The molecule has 0 radical (unpaired) electrons. The Hall–Kier alpha value is -3.58. The Labute approximate surface area is 257 Å². The number of primary sulfonamides is 1. The van der Waals surface area contributed by atoms with Gasteiger partial charge in [0.2, 0.25) is 22.8 Å². The highest BCUT2D eigenvalue weighted by atomic mass is 32.2. The maximum atomic E-state index is 13.6. The molecule has 0 spiro atoms. The van der Waals surface area contributed by atoms with E-state index in [1.165, 1.54) is 23.5 Å². The number of sulfonamides is 1. The summed E-state index contributed by atoms with van der Waals surface area (Å²) in [5.74, 6) is 5.61. The monoisotopic (exact) mass is 655 g/mol. The standard InChI is InChI=1S/C29H33F4N5O4S2/c1-37(2)17-27(39)38-13-10-19(11-14-38)36-24-6-3-5-21-22(16-29(31,32)33)26(43-28(21)24)7-4-12-35-23-9-8-20(44(34,40)41)15-25(23)42-18-30/h3,5-6,8-9,15,19,35-36H,10-14,16-18H2,1-2H3,(H2,34,40,41). The van der Waals surface area contributed by atoms with Crippen molar-refractivity contribution in [2.45, 2.75) is 36.4 Å². The third kappa shape index (κ3) is 8.75. The quantitative estimate of drug-likeness (QED) is 0.219. The summed E-state index contributed by atoms with van der Waals surface area (Å²) in [5.41, 5.74) is 1.02. The second kappa shape index (κ2) is 14.0. The van der Waals surface area contributed by atoms with Gasteiger partial charge in [0.15, 0.2) is 0 Å². The van der Waals surface area contributed by atoms with Crippen LogP contribution >= 0.6 is 11.3 Å². The zero-order chi connectivity index (χ0) is 32.1. The van der Waals surface area contributed by atoms with Crippen molar-refractivity contribution in [3.63, 3.8) is 0 Å². The Morgan fingerprint density at radius 1 is 1.18 bits per heavy atom. The highest BCUT2D eigenvalue weighted by Crippen LogP contribution is 2.39. The molecule has 15 heteroatoms. The fraction of sp³-hybridized carbons (Fsp3) is 0.414. The lowest BCUT2D eigenvalue weighted by Gasteiger charge is -2.33. The first-order valence-electron chi connectivity index (χ1n) is 13.6. The third-order valence-corrected chi connectivity index (χ3v) is 9.02. The van der Waals surface area contributed by atoms with Crippen LogP contribution in [-0.4, -0.2) is 83.5 Å². The number of alkyl halides is 4. The molecule has 44 heavy (non-hydrogen) atoms. The molecule has 3 aromatic rings. The first-order chi connectivity index (χ1) is 20.7. The summed E-state index contributed by atoms with van der Waals surface area (Å²) in [7, 11) is -0.367. The molecule has 1 aromatic heterocycles. The highest BCUT2D eigenvalue weighted by molar-refractivity contribution is 7.89. The second-order valence-electron chi connectivity index (χ2n) is 10.5. The number of hydrogen-bond donors (Lipinski definition) is 3. The van der Waals surface area contributed by atoms with E-state index < -0.39 is 29.5 Å². The molecule has 1 amide bonds. The number of amides is 1. The molecule has 0 atom stereocenters. The fourth-order valence-electron chi connectivity index (χ4n) is 4.89. The lowest BCUT2D eigenvalue weighted by atomic mass is 10.0. The molecule has 1 aliphatic heterocycles. The lowest BCUT2D eigenvalue weighted by molar-refractivity contribution is -0.132. The summed E-state index contributed by atoms with van der Waals surface area (Å²) in [4.78, 5) is 16.0. The molecule has 0 unspecified atom stereocenters. The van der Waals surface area contributed by atoms with Crippen molar-refractivity contribution in [3.05, 3.63) is 46.8 Å². The molecule has 238 valence electrons. The number of anilines is 2. The van der Waals surface area contributed by atoms with Gasteiger partial charge in [0.25, 0.3) is 0 Å². The molecular weight excluding hydrogens is 622 g/mol. The number of carbonyl (C=O) groups is 1. The molecule has 4 N–H and O–H groups in total. The van der Waals surface area contributed by atoms with Crippen LogP contribution in [0.4, 0.5) is 28.9 Å². The number of hydrogen-bond acceptors (Lipinski definition) is 8. The van der Waals surface area contributed by atoms with Crippen LogP contribution in [-0.2, 0) is 21.2 Å². The Balaban J connectivity index is 1.54. The lowest BCUT2D eigenvalue weighted by Crippen LogP contribution is -2.45. The van der Waals surface area contributed by atoms with Crippen molar-refractivity contribution in [1.29, 1.82) is 0 Å². The summed E-state index contributed by atoms with van der Waals surface area (Å²) in [6.45, 7) is 0.257. The van der Waals surface area contributed by atoms with Gasteiger partial charge in [0.05, 0.1) is 45.4 Å². The van der Waals surface area contributed by atoms with Gasteiger partial charge in [-0.05, 0) is 56.1 Å². The minimum Gasteiger partial charge on any atom is -0.461 e. The van der Waals surface area contributed by atoms with E-state index in [9.17, 15) is 30.8 Å². The molecule has 0 aliphatic carbocycles. The van der Waals surface area contributed by atoms with Gasteiger partial charge >= 0.3 is 6.18 Å². The first kappa shape index (κ1) is 33.3. The van der Waals surface area contributed by atoms with Crippen molar-refractivity contribution in [2.75, 3.05) is 57.8 Å². The van der Waals surface area contributed by atoms with Gasteiger partial charge in [-0.2, -0.15) is 13.2 Å². The van der Waals surface area contributed by atoms with E-state index >= 15 is 0 Å².